The minimum absolute atomic E-state index is 0.0822. The predicted octanol–water partition coefficient (Wildman–Crippen LogP) is 5.61. The summed E-state index contributed by atoms with van der Waals surface area (Å²) in [7, 11) is -3.88. The van der Waals surface area contributed by atoms with E-state index in [-0.39, 0.29) is 10.8 Å². The molecule has 0 saturated carbocycles. The van der Waals surface area contributed by atoms with Gasteiger partial charge in [0.05, 0.1) is 21.2 Å². The smallest absolute Gasteiger partial charge is 0.264 e. The average Bonchev–Trinajstić information content (AvgIpc) is 2.92. The zero-order chi connectivity index (χ0) is 26.9. The molecule has 10 heteroatoms. The number of aromatic nitrogens is 1. The molecule has 0 unspecified atom stereocenters. The van der Waals surface area contributed by atoms with Crippen molar-refractivity contribution in [2.45, 2.75) is 18.4 Å². The van der Waals surface area contributed by atoms with Crippen LogP contribution in [-0.4, -0.2) is 55.3 Å². The number of halogens is 2. The van der Waals surface area contributed by atoms with Gasteiger partial charge in [0.25, 0.3) is 15.9 Å². The van der Waals surface area contributed by atoms with Gasteiger partial charge in [0.2, 0.25) is 0 Å². The van der Waals surface area contributed by atoms with E-state index < -0.39 is 10.0 Å². The van der Waals surface area contributed by atoms with Gasteiger partial charge in [-0.25, -0.2) is 8.42 Å². The highest BCUT2D eigenvalue weighted by Crippen LogP contribution is 2.28. The van der Waals surface area contributed by atoms with E-state index in [1.807, 2.05) is 29.2 Å². The van der Waals surface area contributed by atoms with Crippen LogP contribution in [0.25, 0.3) is 10.9 Å². The highest BCUT2D eigenvalue weighted by molar-refractivity contribution is 7.93. The molecule has 7 nitrogen and oxygen atoms in total. The van der Waals surface area contributed by atoms with Crippen LogP contribution in [0.3, 0.4) is 0 Å². The number of rotatable bonds is 6. The number of hydrogen-bond donors (Lipinski definition) is 1. The lowest BCUT2D eigenvalue weighted by Gasteiger charge is -2.35. The van der Waals surface area contributed by atoms with Crippen LogP contribution in [0.5, 0.6) is 0 Å². The summed E-state index contributed by atoms with van der Waals surface area (Å²) in [6, 6.07) is 19.3. The summed E-state index contributed by atoms with van der Waals surface area (Å²) in [6.45, 7) is 5.04. The van der Waals surface area contributed by atoms with Crippen LogP contribution in [-0.2, 0) is 16.6 Å². The number of hydrogen-bond acceptors (Lipinski definition) is 5. The van der Waals surface area contributed by atoms with Gasteiger partial charge in [-0.1, -0.05) is 53.5 Å². The second-order valence-electron chi connectivity index (χ2n) is 9.25. The van der Waals surface area contributed by atoms with Crippen molar-refractivity contribution in [1.29, 1.82) is 0 Å². The van der Waals surface area contributed by atoms with Crippen molar-refractivity contribution in [3.8, 4) is 0 Å². The Morgan fingerprint density at radius 3 is 2.47 bits per heavy atom. The summed E-state index contributed by atoms with van der Waals surface area (Å²) >= 11 is 12.5. The van der Waals surface area contributed by atoms with E-state index >= 15 is 0 Å². The number of nitrogens with one attached hydrogen (secondary N) is 1. The maximum Gasteiger partial charge on any atom is 0.264 e. The first-order chi connectivity index (χ1) is 18.2. The molecule has 0 bridgehead atoms. The number of nitrogens with zero attached hydrogens (tertiary/aromatic N) is 3. The molecule has 0 aliphatic carbocycles. The van der Waals surface area contributed by atoms with Gasteiger partial charge in [0.1, 0.15) is 4.90 Å². The Hall–Kier alpha value is -3.17. The number of sulfonamides is 1. The van der Waals surface area contributed by atoms with E-state index in [0.717, 1.165) is 10.9 Å². The SMILES string of the molecule is Cc1cc(C(=O)N2CCN(Cc3cccc(Cl)c3Cl)CC2)ccc1NS(=O)(=O)c1cccc2cccnc12. The van der Waals surface area contributed by atoms with Crippen molar-refractivity contribution in [1.82, 2.24) is 14.8 Å². The molecular weight excluding hydrogens is 543 g/mol. The average molecular weight is 570 g/mol. The molecule has 1 amide bonds. The lowest BCUT2D eigenvalue weighted by Crippen LogP contribution is -2.48. The van der Waals surface area contributed by atoms with E-state index in [0.29, 0.717) is 65.1 Å². The number of benzene rings is 3. The zero-order valence-electron chi connectivity index (χ0n) is 20.7. The molecule has 4 aromatic rings. The summed E-state index contributed by atoms with van der Waals surface area (Å²) in [5, 5.41) is 1.84. The van der Waals surface area contributed by atoms with Crippen molar-refractivity contribution in [2.24, 2.45) is 0 Å². The number of carbonyl (C=O) groups is 1. The van der Waals surface area contributed by atoms with Gasteiger partial charge >= 0.3 is 0 Å². The van der Waals surface area contributed by atoms with Gasteiger partial charge in [-0.2, -0.15) is 0 Å². The van der Waals surface area contributed by atoms with Gasteiger partial charge in [-0.05, 0) is 54.4 Å². The van der Waals surface area contributed by atoms with Crippen LogP contribution < -0.4 is 4.72 Å². The highest BCUT2D eigenvalue weighted by Gasteiger charge is 2.24. The molecule has 196 valence electrons. The Labute approximate surface area is 232 Å². The number of aryl methyl sites for hydroxylation is 1. The van der Waals surface area contributed by atoms with Crippen LogP contribution in [0, 0.1) is 6.92 Å². The van der Waals surface area contributed by atoms with Crippen molar-refractivity contribution >= 4 is 55.7 Å². The Morgan fingerprint density at radius 1 is 0.974 bits per heavy atom. The third-order valence-electron chi connectivity index (χ3n) is 6.69. The fourth-order valence-corrected chi connectivity index (χ4v) is 6.30. The summed E-state index contributed by atoms with van der Waals surface area (Å²) in [5.74, 6) is -0.0822. The number of carbonyl (C=O) groups excluding carboxylic acids is 1. The number of fused-ring (bicyclic) bond motifs is 1. The van der Waals surface area contributed by atoms with Crippen molar-refractivity contribution in [3.05, 3.63) is 99.7 Å². The van der Waals surface area contributed by atoms with E-state index in [1.165, 1.54) is 6.07 Å². The molecule has 1 N–H and O–H groups in total. The molecule has 5 rings (SSSR count). The number of pyridine rings is 1. The third-order valence-corrected chi connectivity index (χ3v) is 8.94. The second kappa shape index (κ2) is 10.9. The molecule has 38 heavy (non-hydrogen) atoms. The number of para-hydroxylation sites is 1. The molecule has 3 aromatic carbocycles. The lowest BCUT2D eigenvalue weighted by molar-refractivity contribution is 0.0628. The molecule has 1 aromatic heterocycles. The van der Waals surface area contributed by atoms with E-state index in [2.05, 4.69) is 14.6 Å². The van der Waals surface area contributed by atoms with Crippen LogP contribution in [0.2, 0.25) is 10.0 Å². The molecule has 1 fully saturated rings. The monoisotopic (exact) mass is 568 g/mol. The van der Waals surface area contributed by atoms with Crippen LogP contribution in [0.1, 0.15) is 21.5 Å². The Kier molecular flexibility index (Phi) is 7.59. The molecular formula is C28H26Cl2N4O3S. The third kappa shape index (κ3) is 5.49. The summed E-state index contributed by atoms with van der Waals surface area (Å²) < 4.78 is 29.0. The van der Waals surface area contributed by atoms with E-state index in [9.17, 15) is 13.2 Å². The first kappa shape index (κ1) is 26.4. The first-order valence-corrected chi connectivity index (χ1v) is 14.4. The topological polar surface area (TPSA) is 82.6 Å². The van der Waals surface area contributed by atoms with Gasteiger partial charge in [-0.15, -0.1) is 0 Å². The summed E-state index contributed by atoms with van der Waals surface area (Å²) in [6.07, 6.45) is 1.57. The summed E-state index contributed by atoms with van der Waals surface area (Å²) in [5.41, 5.74) is 2.96. The van der Waals surface area contributed by atoms with Crippen molar-refractivity contribution in [2.75, 3.05) is 30.9 Å². The predicted molar refractivity (Wildman–Crippen MR) is 151 cm³/mol. The normalized spacial score (nSPS) is 14.6. The molecule has 0 radical (unpaired) electrons. The fourth-order valence-electron chi connectivity index (χ4n) is 4.61. The maximum absolute atomic E-state index is 13.2. The van der Waals surface area contributed by atoms with Crippen LogP contribution >= 0.6 is 23.2 Å². The van der Waals surface area contributed by atoms with Crippen molar-refractivity contribution < 1.29 is 13.2 Å². The highest BCUT2D eigenvalue weighted by atomic mass is 35.5. The quantitative estimate of drug-likeness (QED) is 0.327. The van der Waals surface area contributed by atoms with Crippen LogP contribution in [0.15, 0.2) is 77.8 Å². The standard InChI is InChI=1S/C28H26Cl2N4O3S/c1-19-17-21(28(35)34-15-13-33(14-16-34)18-22-6-2-8-23(29)26(22)30)10-11-24(19)32-38(36,37)25-9-3-5-20-7-4-12-31-27(20)25/h2-12,17,32H,13-16,18H2,1H3. The minimum atomic E-state index is -3.88. The number of anilines is 1. The van der Waals surface area contributed by atoms with Gasteiger partial charge in [0, 0.05) is 49.9 Å². The van der Waals surface area contributed by atoms with Gasteiger partial charge in [0.15, 0.2) is 0 Å². The second-order valence-corrected chi connectivity index (χ2v) is 11.7. The molecule has 1 aliphatic heterocycles. The van der Waals surface area contributed by atoms with E-state index in [1.54, 1.807) is 49.5 Å². The minimum Gasteiger partial charge on any atom is -0.336 e. The summed E-state index contributed by atoms with van der Waals surface area (Å²) in [4.78, 5) is 21.6. The lowest BCUT2D eigenvalue weighted by atomic mass is 10.1. The molecule has 0 spiro atoms. The number of amides is 1. The number of piperazine rings is 1. The first-order valence-electron chi connectivity index (χ1n) is 12.1. The van der Waals surface area contributed by atoms with E-state index in [4.69, 9.17) is 23.2 Å². The Bertz CT molecular complexity index is 1610. The molecule has 1 saturated heterocycles. The largest absolute Gasteiger partial charge is 0.336 e. The Balaban J connectivity index is 1.25. The maximum atomic E-state index is 13.2. The Morgan fingerprint density at radius 2 is 1.71 bits per heavy atom. The molecule has 2 heterocycles. The fraction of sp³-hybridized carbons (Fsp3) is 0.214. The van der Waals surface area contributed by atoms with Crippen molar-refractivity contribution in [3.63, 3.8) is 0 Å². The molecule has 0 atom stereocenters. The van der Waals surface area contributed by atoms with Gasteiger partial charge in [-0.3, -0.25) is 19.4 Å². The van der Waals surface area contributed by atoms with Crippen LogP contribution in [0.4, 0.5) is 5.69 Å². The molecule has 1 aliphatic rings. The zero-order valence-corrected chi connectivity index (χ0v) is 23.0. The van der Waals surface area contributed by atoms with Gasteiger partial charge < -0.3 is 4.90 Å².